The molecule has 2 aromatic heterocycles. The number of piperidine rings is 1. The van der Waals surface area contributed by atoms with Crippen LogP contribution >= 0.6 is 0 Å². The fraction of sp³-hybridized carbons (Fsp3) is 0.480. The fourth-order valence-electron chi connectivity index (χ4n) is 11.8. The van der Waals surface area contributed by atoms with E-state index in [1.54, 1.807) is 19.1 Å². The summed E-state index contributed by atoms with van der Waals surface area (Å²) in [5.74, 6) is -1.42. The van der Waals surface area contributed by atoms with Crippen molar-refractivity contribution in [3.05, 3.63) is 106 Å². The predicted molar refractivity (Wildman–Crippen MR) is 251 cm³/mol. The number of aliphatic hydroxyl groups is 2. The van der Waals surface area contributed by atoms with E-state index in [9.17, 15) is 37.9 Å². The Morgan fingerprint density at radius 2 is 1.76 bits per heavy atom. The van der Waals surface area contributed by atoms with E-state index >= 15 is 0 Å². The van der Waals surface area contributed by atoms with E-state index < -0.39 is 48.5 Å². The molecule has 5 N–H and O–H groups in total. The third-order valence-electron chi connectivity index (χ3n) is 15.9. The highest BCUT2D eigenvalue weighted by molar-refractivity contribution is 7.90. The molecule has 3 aromatic carbocycles. The van der Waals surface area contributed by atoms with Gasteiger partial charge in [-0.3, -0.25) is 19.8 Å². The number of nitro groups is 1. The number of sulfonamides is 1. The molecular formula is C50H56FN7O9S. The molecule has 358 valence electrons. The normalized spacial score (nSPS) is 25.5. The molecule has 6 aliphatic rings. The van der Waals surface area contributed by atoms with Gasteiger partial charge in [-0.25, -0.2) is 22.5 Å². The van der Waals surface area contributed by atoms with Crippen molar-refractivity contribution in [1.29, 1.82) is 0 Å². The van der Waals surface area contributed by atoms with Crippen LogP contribution < -0.4 is 24.4 Å². The molecule has 1 amide bonds. The van der Waals surface area contributed by atoms with Crippen LogP contribution in [0.25, 0.3) is 11.0 Å². The van der Waals surface area contributed by atoms with Crippen LogP contribution in [0.15, 0.2) is 78.0 Å². The molecule has 2 atom stereocenters. The van der Waals surface area contributed by atoms with Gasteiger partial charge in [-0.05, 0) is 131 Å². The molecule has 2 saturated heterocycles. The zero-order chi connectivity index (χ0) is 47.2. The smallest absolute Gasteiger partial charge is 0.297 e. The summed E-state index contributed by atoms with van der Waals surface area (Å²) in [6.07, 6.45) is 13.1. The Labute approximate surface area is 393 Å². The average molecular weight is 950 g/mol. The Hall–Kier alpha value is -5.82. The Morgan fingerprint density at radius 3 is 2.51 bits per heavy atom. The highest BCUT2D eigenvalue weighted by Gasteiger charge is 2.51. The van der Waals surface area contributed by atoms with Gasteiger partial charge in [-0.1, -0.05) is 24.3 Å². The summed E-state index contributed by atoms with van der Waals surface area (Å²) in [7, 11) is -4.72. The van der Waals surface area contributed by atoms with E-state index in [1.807, 2.05) is 6.07 Å². The number of amides is 1. The number of nitrogens with zero attached hydrogens (tertiary/aromatic N) is 4. The van der Waals surface area contributed by atoms with Crippen molar-refractivity contribution < 1.29 is 42.2 Å². The Balaban J connectivity index is 0.807. The summed E-state index contributed by atoms with van der Waals surface area (Å²) in [5, 5.41) is 37.3. The second-order valence-corrected chi connectivity index (χ2v) is 22.1. The Kier molecular flexibility index (Phi) is 11.0. The number of likely N-dealkylation sites (tertiary alicyclic amines) is 1. The lowest BCUT2D eigenvalue weighted by Crippen LogP contribution is -2.55. The maximum Gasteiger partial charge on any atom is 0.297 e. The predicted octanol–water partition coefficient (Wildman–Crippen LogP) is 8.20. The standard InChI is InChI=1S/C50H56FN7O9S/c1-48(60)12-10-30(11-13-48)40-29-66-44-24-34(23-42(58(62)63)45(44)54-40)68(64,65)55-47(59)36-9-8-31(21-43(36)67-33-22-37-39(51)28-53-46(37)52-27-33)56-19-16-49(17-20-56)25-32(26-49)57-18-4-7-41(57)35-5-2-3-6-38(35)50(61)14-15-50/h2-3,5-6,8-9,21-24,27-28,30,32,40-41,54,60-61H,4,7,10-20,25-26,29H2,1H3,(H,52,53)(H,55,59)/t30-,40-,41-,48-/m1/s1. The maximum absolute atomic E-state index is 14.7. The molecule has 0 bridgehead atoms. The summed E-state index contributed by atoms with van der Waals surface area (Å²) in [6, 6.07) is 17.4. The summed E-state index contributed by atoms with van der Waals surface area (Å²) in [5.41, 5.74) is 1.58. The minimum Gasteiger partial charge on any atom is -0.489 e. The van der Waals surface area contributed by atoms with Gasteiger partial charge in [0.25, 0.3) is 21.6 Å². The first-order chi connectivity index (χ1) is 32.6. The second kappa shape index (κ2) is 16.7. The third kappa shape index (κ3) is 8.32. The number of hydrogen-bond acceptors (Lipinski definition) is 13. The molecule has 18 heteroatoms. The van der Waals surface area contributed by atoms with Gasteiger partial charge in [0.2, 0.25) is 0 Å². The first-order valence-corrected chi connectivity index (χ1v) is 25.3. The zero-order valence-electron chi connectivity index (χ0n) is 37.9. The number of pyridine rings is 1. The van der Waals surface area contributed by atoms with Crippen LogP contribution in [0.3, 0.4) is 0 Å². The molecule has 5 fully saturated rings. The fourth-order valence-corrected chi connectivity index (χ4v) is 12.8. The Morgan fingerprint density at radius 1 is 1.00 bits per heavy atom. The number of nitrogens with one attached hydrogen (secondary N) is 3. The molecule has 5 aromatic rings. The number of carbonyl (C=O) groups excluding carboxylic acids is 1. The van der Waals surface area contributed by atoms with Gasteiger partial charge in [0, 0.05) is 55.3 Å². The Bertz CT molecular complexity index is 2920. The molecule has 16 nitrogen and oxygen atoms in total. The highest BCUT2D eigenvalue weighted by atomic mass is 32.2. The van der Waals surface area contributed by atoms with Gasteiger partial charge in [-0.2, -0.15) is 0 Å². The highest BCUT2D eigenvalue weighted by Crippen LogP contribution is 2.56. The molecule has 68 heavy (non-hydrogen) atoms. The van der Waals surface area contributed by atoms with E-state index in [0.717, 1.165) is 94.4 Å². The summed E-state index contributed by atoms with van der Waals surface area (Å²) in [6.45, 7) is 4.49. The lowest BCUT2D eigenvalue weighted by Gasteiger charge is -2.56. The molecule has 1 spiro atoms. The van der Waals surface area contributed by atoms with Crippen LogP contribution in [-0.4, -0.2) is 88.3 Å². The van der Waals surface area contributed by atoms with E-state index in [0.29, 0.717) is 43.4 Å². The number of aromatic nitrogens is 2. The van der Waals surface area contributed by atoms with Crippen LogP contribution in [0.1, 0.15) is 112 Å². The summed E-state index contributed by atoms with van der Waals surface area (Å²) in [4.78, 5) is 37.2. The van der Waals surface area contributed by atoms with Crippen LogP contribution in [0, 0.1) is 27.3 Å². The van der Waals surface area contributed by atoms with Crippen LogP contribution in [0.5, 0.6) is 17.2 Å². The van der Waals surface area contributed by atoms with Crippen molar-refractivity contribution in [1.82, 2.24) is 19.6 Å². The SMILES string of the molecule is C[C@]1(O)CC[C@H]([C@H]2COc3cc(S(=O)(=O)NC(=O)c4ccc(N5CCC6(CC5)CC(N5CCC[C@@H]5c5ccccc5C5(O)CC5)C6)cc4Oc4cnc5[nH]cc(F)c5c4)cc([N+](=O)[O-])c3N2)CC1. The number of fused-ring (bicyclic) bond motifs is 2. The largest absolute Gasteiger partial charge is 0.489 e. The number of rotatable bonds is 11. The summed E-state index contributed by atoms with van der Waals surface area (Å²) >= 11 is 0. The lowest BCUT2D eigenvalue weighted by molar-refractivity contribution is -0.384. The van der Waals surface area contributed by atoms with E-state index in [2.05, 4.69) is 48.0 Å². The minimum absolute atomic E-state index is 0.00623. The van der Waals surface area contributed by atoms with Gasteiger partial charge >= 0.3 is 0 Å². The van der Waals surface area contributed by atoms with Gasteiger partial charge in [0.15, 0.2) is 11.4 Å². The van der Waals surface area contributed by atoms with E-state index in [1.165, 1.54) is 30.1 Å². The van der Waals surface area contributed by atoms with Gasteiger partial charge in [-0.15, -0.1) is 0 Å². The van der Waals surface area contributed by atoms with Crippen molar-refractivity contribution in [3.8, 4) is 17.2 Å². The maximum atomic E-state index is 14.7. The molecule has 3 saturated carbocycles. The molecule has 3 aliphatic heterocycles. The first-order valence-electron chi connectivity index (χ1n) is 23.8. The molecule has 0 unspecified atom stereocenters. The van der Waals surface area contributed by atoms with Crippen LogP contribution in [-0.2, 0) is 15.6 Å². The number of benzene rings is 3. The van der Waals surface area contributed by atoms with Gasteiger partial charge < -0.3 is 34.9 Å². The minimum atomic E-state index is -4.72. The van der Waals surface area contributed by atoms with Crippen LogP contribution in [0.4, 0.5) is 21.5 Å². The number of hydrogen-bond donors (Lipinski definition) is 5. The van der Waals surface area contributed by atoms with E-state index in [4.69, 9.17) is 9.47 Å². The molecule has 0 radical (unpaired) electrons. The summed E-state index contributed by atoms with van der Waals surface area (Å²) < 4.78 is 56.9. The molecule has 5 heterocycles. The van der Waals surface area contributed by atoms with Crippen LogP contribution in [0.2, 0.25) is 0 Å². The van der Waals surface area contributed by atoms with Crippen molar-refractivity contribution in [2.75, 3.05) is 36.5 Å². The third-order valence-corrected chi connectivity index (χ3v) is 17.3. The molecule has 11 rings (SSSR count). The number of H-pyrrole nitrogens is 1. The molecular weight excluding hydrogens is 894 g/mol. The number of aromatic amines is 1. The van der Waals surface area contributed by atoms with Crippen molar-refractivity contribution in [2.24, 2.45) is 11.3 Å². The zero-order valence-corrected chi connectivity index (χ0v) is 38.7. The monoisotopic (exact) mass is 949 g/mol. The number of carbonyl (C=O) groups is 1. The average Bonchev–Trinajstić information content (AvgIpc) is 3.69. The number of halogens is 1. The number of ether oxygens (including phenoxy) is 2. The topological polar surface area (TPSA) is 212 Å². The van der Waals surface area contributed by atoms with Crippen molar-refractivity contribution in [3.63, 3.8) is 0 Å². The first kappa shape index (κ1) is 44.7. The van der Waals surface area contributed by atoms with Gasteiger partial charge in [0.1, 0.15) is 29.6 Å². The molecule has 3 aliphatic carbocycles. The van der Waals surface area contributed by atoms with Crippen molar-refractivity contribution >= 4 is 44.0 Å². The van der Waals surface area contributed by atoms with Crippen molar-refractivity contribution in [2.45, 2.75) is 118 Å². The number of nitro benzene ring substituents is 1. The second-order valence-electron chi connectivity index (χ2n) is 20.5. The lowest BCUT2D eigenvalue weighted by atomic mass is 9.59. The van der Waals surface area contributed by atoms with E-state index in [-0.39, 0.29) is 57.9 Å². The van der Waals surface area contributed by atoms with Gasteiger partial charge in [0.05, 0.1) is 44.2 Å². The number of anilines is 2. The quantitative estimate of drug-likeness (QED) is 0.0625.